The average molecular weight is 448 g/mol. The number of rotatable bonds is 5. The summed E-state index contributed by atoms with van der Waals surface area (Å²) in [4.78, 5) is 13.3. The van der Waals surface area contributed by atoms with Gasteiger partial charge in [-0.3, -0.25) is 4.79 Å². The summed E-state index contributed by atoms with van der Waals surface area (Å²) in [7, 11) is 0. The average Bonchev–Trinajstić information content (AvgIpc) is 3.46. The highest BCUT2D eigenvalue weighted by Crippen LogP contribution is 2.36. The zero-order valence-electron chi connectivity index (χ0n) is 18.3. The molecule has 1 saturated heterocycles. The van der Waals surface area contributed by atoms with Gasteiger partial charge in [0, 0.05) is 28.8 Å². The van der Waals surface area contributed by atoms with Gasteiger partial charge in [-0.05, 0) is 67.8 Å². The van der Waals surface area contributed by atoms with Crippen molar-refractivity contribution in [3.63, 3.8) is 0 Å². The molecule has 0 radical (unpaired) electrons. The van der Waals surface area contributed by atoms with Crippen LogP contribution in [0.1, 0.15) is 29.4 Å². The van der Waals surface area contributed by atoms with Crippen LogP contribution in [0.3, 0.4) is 0 Å². The highest BCUT2D eigenvalue weighted by atomic mass is 32.2. The molecule has 1 fully saturated rings. The quantitative estimate of drug-likeness (QED) is 0.540. The molecule has 0 unspecified atom stereocenters. The van der Waals surface area contributed by atoms with Crippen molar-refractivity contribution in [2.75, 3.05) is 12.1 Å². The Morgan fingerprint density at radius 3 is 2.69 bits per heavy atom. The number of carbonyl (C=O) groups is 1. The Bertz CT molecular complexity index is 1210. The van der Waals surface area contributed by atoms with Crippen LogP contribution in [0, 0.1) is 13.8 Å². The first-order valence-corrected chi connectivity index (χ1v) is 11.5. The van der Waals surface area contributed by atoms with Crippen LogP contribution >= 0.6 is 11.8 Å². The molecular weight excluding hydrogens is 422 g/mol. The number of carbonyl (C=O) groups excluding carboxylic acids is 1. The van der Waals surface area contributed by atoms with Crippen molar-refractivity contribution in [2.45, 2.75) is 32.7 Å². The Balaban J connectivity index is 1.36. The lowest BCUT2D eigenvalue weighted by Crippen LogP contribution is -2.30. The van der Waals surface area contributed by atoms with Gasteiger partial charge >= 0.3 is 0 Å². The second-order valence-electron chi connectivity index (χ2n) is 7.87. The first kappa shape index (κ1) is 20.6. The number of hydrogen-bond donors (Lipinski definition) is 2. The molecule has 5 rings (SSSR count). The molecule has 0 aliphatic carbocycles. The fourth-order valence-corrected chi connectivity index (χ4v) is 5.03. The van der Waals surface area contributed by atoms with E-state index in [1.54, 1.807) is 0 Å². The Labute approximate surface area is 191 Å². The van der Waals surface area contributed by atoms with E-state index in [1.165, 1.54) is 17.3 Å². The van der Waals surface area contributed by atoms with Gasteiger partial charge in [-0.1, -0.05) is 30.8 Å². The van der Waals surface area contributed by atoms with Gasteiger partial charge in [-0.2, -0.15) is 0 Å². The molecule has 0 spiro atoms. The van der Waals surface area contributed by atoms with E-state index >= 15 is 0 Å². The van der Waals surface area contributed by atoms with E-state index in [-0.39, 0.29) is 18.2 Å². The normalized spacial score (nSPS) is 18.3. The Morgan fingerprint density at radius 1 is 1.12 bits per heavy atom. The van der Waals surface area contributed by atoms with Crippen LogP contribution in [0.4, 0.5) is 5.69 Å². The van der Waals surface area contributed by atoms with Crippen LogP contribution < -0.4 is 20.1 Å². The van der Waals surface area contributed by atoms with E-state index in [0.717, 1.165) is 46.2 Å². The van der Waals surface area contributed by atoms with Gasteiger partial charge < -0.3 is 24.7 Å². The number of hydrogen-bond acceptors (Lipinski definition) is 5. The summed E-state index contributed by atoms with van der Waals surface area (Å²) in [6.45, 7) is 6.51. The van der Waals surface area contributed by atoms with E-state index in [4.69, 9.17) is 9.47 Å². The molecule has 2 aromatic carbocycles. The summed E-state index contributed by atoms with van der Waals surface area (Å²) in [5, 5.41) is 6.39. The number of nitrogens with zero attached hydrogens (tertiary/aromatic N) is 1. The zero-order chi connectivity index (χ0) is 22.2. The van der Waals surface area contributed by atoms with Crippen molar-refractivity contribution < 1.29 is 14.3 Å². The third-order valence-corrected chi connectivity index (χ3v) is 6.79. The van der Waals surface area contributed by atoms with Crippen molar-refractivity contribution >= 4 is 29.4 Å². The van der Waals surface area contributed by atoms with Gasteiger partial charge in [0.1, 0.15) is 0 Å². The van der Waals surface area contributed by atoms with Gasteiger partial charge in [0.25, 0.3) is 5.91 Å². The number of benzene rings is 2. The first-order chi connectivity index (χ1) is 15.5. The van der Waals surface area contributed by atoms with Crippen molar-refractivity contribution in [3.8, 4) is 17.2 Å². The van der Waals surface area contributed by atoms with Crippen LogP contribution in [0.5, 0.6) is 11.5 Å². The number of fused-ring (bicyclic) bond motifs is 1. The topological polar surface area (TPSA) is 64.5 Å². The smallest absolute Gasteiger partial charge is 0.260 e. The van der Waals surface area contributed by atoms with E-state index in [2.05, 4.69) is 54.2 Å². The molecule has 0 saturated carbocycles. The third kappa shape index (κ3) is 3.84. The lowest BCUT2D eigenvalue weighted by Gasteiger charge is -2.12. The first-order valence-electron chi connectivity index (χ1n) is 10.7. The highest BCUT2D eigenvalue weighted by Gasteiger charge is 2.27. The highest BCUT2D eigenvalue weighted by molar-refractivity contribution is 8.05. The fourth-order valence-electron chi connectivity index (χ4n) is 4.05. The predicted octanol–water partition coefficient (Wildman–Crippen LogP) is 4.98. The maximum absolute atomic E-state index is 12.6. The molecule has 2 aliphatic heterocycles. The molecule has 6 nitrogen and oxygen atoms in total. The minimum Gasteiger partial charge on any atom is -0.454 e. The maximum atomic E-state index is 12.6. The standard InChI is InChI=1S/C25H25N3O3S/c1-4-17-5-7-19(8-6-17)26-25-27-24(29)23(32-25)12-18-11-15(2)28(16(18)3)20-9-10-21-22(13-20)31-14-30-21/h5-13,25-26H,4,14H2,1-3H3,(H,27,29)/b23-12-/t25-/m1/s1. The van der Waals surface area contributed by atoms with E-state index in [0.29, 0.717) is 4.91 Å². The Morgan fingerprint density at radius 2 is 1.91 bits per heavy atom. The monoisotopic (exact) mass is 447 g/mol. The number of aromatic nitrogens is 1. The molecule has 164 valence electrons. The molecule has 0 bridgehead atoms. The van der Waals surface area contributed by atoms with Crippen LogP contribution in [0.15, 0.2) is 53.4 Å². The summed E-state index contributed by atoms with van der Waals surface area (Å²) in [6.07, 6.45) is 2.97. The molecule has 2 N–H and O–H groups in total. The summed E-state index contributed by atoms with van der Waals surface area (Å²) in [5.41, 5.74) is 6.26. The number of thioether (sulfide) groups is 1. The molecule has 3 heterocycles. The van der Waals surface area contributed by atoms with Crippen LogP contribution in [-0.2, 0) is 11.2 Å². The molecule has 1 amide bonds. The van der Waals surface area contributed by atoms with Crippen LogP contribution in [0.2, 0.25) is 0 Å². The SMILES string of the molecule is CCc1ccc(N[C@@H]2NC(=O)/C(=C/c3cc(C)n(-c4ccc5c(c4)OCO5)c3C)S2)cc1. The second-order valence-corrected chi connectivity index (χ2v) is 9.02. The summed E-state index contributed by atoms with van der Waals surface area (Å²) in [5.74, 6) is 1.45. The molecule has 3 aromatic rings. The lowest BCUT2D eigenvalue weighted by molar-refractivity contribution is -0.116. The van der Waals surface area contributed by atoms with Gasteiger partial charge in [0.15, 0.2) is 17.0 Å². The van der Waals surface area contributed by atoms with Gasteiger partial charge in [0.05, 0.1) is 4.91 Å². The minimum absolute atomic E-state index is 0.0643. The lowest BCUT2D eigenvalue weighted by atomic mass is 10.1. The van der Waals surface area contributed by atoms with Crippen molar-refractivity contribution in [3.05, 3.63) is 76.0 Å². The minimum atomic E-state index is -0.196. The third-order valence-electron chi connectivity index (χ3n) is 5.76. The van der Waals surface area contributed by atoms with Crippen LogP contribution in [0.25, 0.3) is 11.8 Å². The van der Waals surface area contributed by atoms with Gasteiger partial charge in [-0.15, -0.1) is 0 Å². The van der Waals surface area contributed by atoms with Gasteiger partial charge in [0.2, 0.25) is 6.79 Å². The second kappa shape index (κ2) is 8.31. The maximum Gasteiger partial charge on any atom is 0.260 e. The molecule has 1 aromatic heterocycles. The Hall–Kier alpha value is -3.32. The fraction of sp³-hybridized carbons (Fsp3) is 0.240. The number of anilines is 1. The summed E-state index contributed by atoms with van der Waals surface area (Å²) < 4.78 is 13.1. The van der Waals surface area contributed by atoms with Crippen molar-refractivity contribution in [1.29, 1.82) is 0 Å². The molecule has 2 aliphatic rings. The summed E-state index contributed by atoms with van der Waals surface area (Å²) >= 11 is 1.50. The zero-order valence-corrected chi connectivity index (χ0v) is 19.1. The van der Waals surface area contributed by atoms with Crippen LogP contribution in [-0.4, -0.2) is 22.8 Å². The Kier molecular flexibility index (Phi) is 5.35. The number of aryl methyl sites for hydroxylation is 2. The largest absolute Gasteiger partial charge is 0.454 e. The molecular formula is C25H25N3O3S. The predicted molar refractivity (Wildman–Crippen MR) is 128 cm³/mol. The van der Waals surface area contributed by atoms with Gasteiger partial charge in [-0.25, -0.2) is 0 Å². The number of ether oxygens (including phenoxy) is 2. The van der Waals surface area contributed by atoms with Crippen molar-refractivity contribution in [2.24, 2.45) is 0 Å². The van der Waals surface area contributed by atoms with E-state index in [1.807, 2.05) is 36.4 Å². The number of amides is 1. The summed E-state index contributed by atoms with van der Waals surface area (Å²) in [6, 6.07) is 16.3. The molecule has 1 atom stereocenters. The number of nitrogens with one attached hydrogen (secondary N) is 2. The van der Waals surface area contributed by atoms with E-state index in [9.17, 15) is 4.79 Å². The van der Waals surface area contributed by atoms with Crippen molar-refractivity contribution in [1.82, 2.24) is 9.88 Å². The molecule has 32 heavy (non-hydrogen) atoms. The molecule has 7 heteroatoms. The van der Waals surface area contributed by atoms with E-state index < -0.39 is 0 Å².